The summed E-state index contributed by atoms with van der Waals surface area (Å²) in [5.74, 6) is -1.71. The summed E-state index contributed by atoms with van der Waals surface area (Å²) in [6.45, 7) is 6.37. The van der Waals surface area contributed by atoms with Crippen LogP contribution in [0.3, 0.4) is 0 Å². The third-order valence-corrected chi connectivity index (χ3v) is 12.3. The van der Waals surface area contributed by atoms with Gasteiger partial charge in [0.1, 0.15) is 17.5 Å². The van der Waals surface area contributed by atoms with Crippen LogP contribution >= 0.6 is 0 Å². The van der Waals surface area contributed by atoms with E-state index in [1.54, 1.807) is 35.9 Å². The van der Waals surface area contributed by atoms with E-state index in [9.17, 15) is 33.6 Å². The van der Waals surface area contributed by atoms with Crippen LogP contribution in [0, 0.1) is 6.92 Å². The number of fused-ring (bicyclic) bond motifs is 2. The first-order chi connectivity index (χ1) is 29.0. The van der Waals surface area contributed by atoms with Crippen LogP contribution < -0.4 is 21.1 Å². The second kappa shape index (κ2) is 17.1. The monoisotopic (exact) mass is 815 g/mol. The van der Waals surface area contributed by atoms with Crippen molar-refractivity contribution in [2.24, 2.45) is 0 Å². The number of benzene rings is 1. The smallest absolute Gasteiger partial charge is 0.264 e. The molecule has 3 aromatic heterocycles. The molecule has 0 bridgehead atoms. The van der Waals surface area contributed by atoms with E-state index in [4.69, 9.17) is 9.97 Å². The Morgan fingerprint density at radius 1 is 0.883 bits per heavy atom. The van der Waals surface area contributed by atoms with Gasteiger partial charge in [-0.1, -0.05) is 25.3 Å². The number of aromatic nitrogens is 4. The number of Topliss-reactive ketones (excluding diaryl/α,β-unsaturated/α-hetero) is 1. The molecular formula is C44H49N9O7. The van der Waals surface area contributed by atoms with Gasteiger partial charge in [0.2, 0.25) is 17.7 Å². The SMILES string of the molecule is CC(=O)c1c(C)c2cnc(Cc3ccc(N4CCN(C(=O)CCCCCNc5cccc6c5C(=O)N(C5CCC(=O)NC5=O)C6=O)CC4)cn3)nc2n(C2CCCC2)c1=O. The van der Waals surface area contributed by atoms with Gasteiger partial charge in [-0.05, 0) is 75.8 Å². The van der Waals surface area contributed by atoms with Gasteiger partial charge in [0.05, 0.1) is 35.0 Å². The van der Waals surface area contributed by atoms with Gasteiger partial charge in [-0.2, -0.15) is 0 Å². The number of ketones is 1. The van der Waals surface area contributed by atoms with Crippen LogP contribution in [-0.2, 0) is 20.8 Å². The fourth-order valence-electron chi connectivity index (χ4n) is 9.07. The van der Waals surface area contributed by atoms with Crippen LogP contribution in [-0.4, -0.2) is 103 Å². The van der Waals surface area contributed by atoms with E-state index in [0.29, 0.717) is 68.3 Å². The predicted molar refractivity (Wildman–Crippen MR) is 222 cm³/mol. The van der Waals surface area contributed by atoms with Gasteiger partial charge >= 0.3 is 0 Å². The van der Waals surface area contributed by atoms with E-state index in [-0.39, 0.29) is 52.8 Å². The maximum atomic E-state index is 13.6. The highest BCUT2D eigenvalue weighted by atomic mass is 16.2. The minimum absolute atomic E-state index is 0.0137. The summed E-state index contributed by atoms with van der Waals surface area (Å²) in [5.41, 5.74) is 3.89. The molecule has 16 nitrogen and oxygen atoms in total. The summed E-state index contributed by atoms with van der Waals surface area (Å²) in [5, 5.41) is 6.20. The number of unbranched alkanes of at least 4 members (excludes halogenated alkanes) is 2. The molecule has 3 aliphatic heterocycles. The van der Waals surface area contributed by atoms with Crippen LogP contribution in [0.25, 0.3) is 11.0 Å². The molecule has 8 rings (SSSR count). The number of imide groups is 2. The van der Waals surface area contributed by atoms with E-state index < -0.39 is 29.7 Å². The highest BCUT2D eigenvalue weighted by Crippen LogP contribution is 2.34. The fraction of sp³-hybridized carbons (Fsp3) is 0.455. The molecule has 16 heteroatoms. The Balaban J connectivity index is 0.791. The molecule has 4 aromatic rings. The van der Waals surface area contributed by atoms with Gasteiger partial charge in [-0.15, -0.1) is 0 Å². The van der Waals surface area contributed by atoms with Crippen LogP contribution in [0.1, 0.15) is 125 Å². The van der Waals surface area contributed by atoms with E-state index in [1.807, 2.05) is 23.2 Å². The normalized spacial score (nSPS) is 18.4. The number of nitrogens with one attached hydrogen (secondary N) is 2. The molecule has 4 aliphatic rings. The Morgan fingerprint density at radius 3 is 2.38 bits per heavy atom. The van der Waals surface area contributed by atoms with Gasteiger partial charge < -0.3 is 15.1 Å². The zero-order valence-corrected chi connectivity index (χ0v) is 34.0. The predicted octanol–water partition coefficient (Wildman–Crippen LogP) is 4.13. The van der Waals surface area contributed by atoms with Crippen molar-refractivity contribution in [1.29, 1.82) is 0 Å². The number of carbonyl (C=O) groups excluding carboxylic acids is 6. The van der Waals surface area contributed by atoms with E-state index in [2.05, 4.69) is 20.5 Å². The molecule has 6 heterocycles. The zero-order chi connectivity index (χ0) is 42.1. The van der Waals surface area contributed by atoms with Gasteiger partial charge in [0.25, 0.3) is 17.4 Å². The lowest BCUT2D eigenvalue weighted by molar-refractivity contribution is -0.136. The molecule has 1 saturated carbocycles. The summed E-state index contributed by atoms with van der Waals surface area (Å²) in [7, 11) is 0. The number of hydrogen-bond donors (Lipinski definition) is 2. The number of carbonyl (C=O) groups is 6. The van der Waals surface area contributed by atoms with E-state index in [1.165, 1.54) is 6.92 Å². The maximum Gasteiger partial charge on any atom is 0.264 e. The molecule has 1 aliphatic carbocycles. The molecule has 0 spiro atoms. The van der Waals surface area contributed by atoms with Crippen LogP contribution in [0.15, 0.2) is 47.5 Å². The third-order valence-electron chi connectivity index (χ3n) is 12.3. The van der Waals surface area contributed by atoms with Crippen molar-refractivity contribution in [3.05, 3.63) is 86.9 Å². The van der Waals surface area contributed by atoms with Crippen LogP contribution in [0.2, 0.25) is 0 Å². The van der Waals surface area contributed by atoms with Gasteiger partial charge in [0.15, 0.2) is 5.78 Å². The highest BCUT2D eigenvalue weighted by Gasteiger charge is 2.45. The van der Waals surface area contributed by atoms with E-state index in [0.717, 1.165) is 66.6 Å². The zero-order valence-electron chi connectivity index (χ0n) is 34.0. The number of anilines is 2. The largest absolute Gasteiger partial charge is 0.384 e. The number of piperidine rings is 1. The average molecular weight is 816 g/mol. The maximum absolute atomic E-state index is 13.6. The first-order valence-corrected chi connectivity index (χ1v) is 21.0. The molecular weight excluding hydrogens is 767 g/mol. The number of amides is 5. The molecule has 2 saturated heterocycles. The fourth-order valence-corrected chi connectivity index (χ4v) is 9.07. The van der Waals surface area contributed by atoms with Crippen LogP contribution in [0.5, 0.6) is 0 Å². The lowest BCUT2D eigenvalue weighted by atomic mass is 10.0. The molecule has 5 amide bonds. The number of rotatable bonds is 13. The Bertz CT molecular complexity index is 2450. The highest BCUT2D eigenvalue weighted by molar-refractivity contribution is 6.25. The minimum Gasteiger partial charge on any atom is -0.384 e. The van der Waals surface area contributed by atoms with Crippen LogP contribution in [0.4, 0.5) is 11.4 Å². The molecule has 0 radical (unpaired) electrons. The Labute approximate surface area is 346 Å². The van der Waals surface area contributed by atoms with Crippen molar-refractivity contribution in [2.45, 2.75) is 96.6 Å². The first-order valence-electron chi connectivity index (χ1n) is 21.0. The molecule has 2 N–H and O–H groups in total. The second-order valence-electron chi connectivity index (χ2n) is 16.2. The third kappa shape index (κ3) is 7.89. The van der Waals surface area contributed by atoms with Crippen molar-refractivity contribution < 1.29 is 28.8 Å². The first kappa shape index (κ1) is 40.5. The topological polar surface area (TPSA) is 197 Å². The van der Waals surface area contributed by atoms with Crippen molar-refractivity contribution in [3.63, 3.8) is 0 Å². The Kier molecular flexibility index (Phi) is 11.5. The summed E-state index contributed by atoms with van der Waals surface area (Å²) in [6.07, 6.45) is 10.7. The lowest BCUT2D eigenvalue weighted by Crippen LogP contribution is -2.54. The molecule has 3 fully saturated rings. The van der Waals surface area contributed by atoms with Gasteiger partial charge in [0, 0.05) is 74.6 Å². The van der Waals surface area contributed by atoms with Crippen molar-refractivity contribution in [3.8, 4) is 0 Å². The minimum atomic E-state index is -1.02. The lowest BCUT2D eigenvalue weighted by Gasteiger charge is -2.36. The summed E-state index contributed by atoms with van der Waals surface area (Å²) in [4.78, 5) is 109. The Hall–Kier alpha value is -6.32. The number of pyridine rings is 2. The Morgan fingerprint density at radius 2 is 1.67 bits per heavy atom. The molecule has 1 atom stereocenters. The van der Waals surface area contributed by atoms with Crippen molar-refractivity contribution >= 4 is 57.7 Å². The van der Waals surface area contributed by atoms with E-state index >= 15 is 0 Å². The quantitative estimate of drug-likeness (QED) is 0.111. The van der Waals surface area contributed by atoms with Gasteiger partial charge in [-0.25, -0.2) is 9.97 Å². The van der Waals surface area contributed by atoms with Gasteiger partial charge in [-0.3, -0.25) is 53.3 Å². The summed E-state index contributed by atoms with van der Waals surface area (Å²) >= 11 is 0. The molecule has 1 unspecified atom stereocenters. The van der Waals surface area contributed by atoms with Crippen molar-refractivity contribution in [1.82, 2.24) is 34.6 Å². The number of hydrogen-bond acceptors (Lipinski definition) is 12. The standard InChI is InChI=1S/C44H49N9O7/c1-26-32-25-47-35(48-40(32)52(29-9-5-6-10-29)43(59)38(26)27(2)54)23-28-14-15-30(24-46-28)50-19-21-51(22-20-50)37(56)13-4-3-7-18-45-33-12-8-11-31-39(33)44(60)53(42(31)58)34-16-17-36(55)49-41(34)57/h8,11-12,14-15,24-25,29,34,45H,3-7,9-10,13,16-23H2,1-2H3,(H,49,55,57). The molecule has 1 aromatic carbocycles. The molecule has 312 valence electrons. The summed E-state index contributed by atoms with van der Waals surface area (Å²) in [6, 6.07) is 7.98. The molecule has 60 heavy (non-hydrogen) atoms. The number of aryl methyl sites for hydroxylation is 1. The summed E-state index contributed by atoms with van der Waals surface area (Å²) < 4.78 is 1.73. The average Bonchev–Trinajstić information content (AvgIpc) is 3.86. The van der Waals surface area contributed by atoms with Crippen molar-refractivity contribution in [2.75, 3.05) is 42.9 Å². The number of nitrogens with zero attached hydrogens (tertiary/aromatic N) is 7. The number of piperazine rings is 1. The second-order valence-corrected chi connectivity index (χ2v) is 16.2.